The summed E-state index contributed by atoms with van der Waals surface area (Å²) in [7, 11) is 0. The van der Waals surface area contributed by atoms with E-state index in [1.807, 2.05) is 30.3 Å². The minimum absolute atomic E-state index is 0.0652. The summed E-state index contributed by atoms with van der Waals surface area (Å²) >= 11 is 0. The van der Waals surface area contributed by atoms with Crippen molar-refractivity contribution in [3.63, 3.8) is 0 Å². The van der Waals surface area contributed by atoms with E-state index in [1.54, 1.807) is 11.5 Å². The maximum atomic E-state index is 12.5. The zero-order valence-electron chi connectivity index (χ0n) is 10.9. The smallest absolute Gasteiger partial charge is 0.238 e. The lowest BCUT2D eigenvalue weighted by Gasteiger charge is -2.11. The molecule has 7 nitrogen and oxygen atoms in total. The number of benzene rings is 1. The molecule has 0 bridgehead atoms. The summed E-state index contributed by atoms with van der Waals surface area (Å²) in [6, 6.07) is 9.24. The lowest BCUT2D eigenvalue weighted by molar-refractivity contribution is 0.0967. The molecule has 0 radical (unpaired) electrons. The standard InChI is InChI=1S/C14H8N4O3/c1-7-15-11-12(18(7)8-5-3-2-4-6-8)14(20)10-9(13(11)19)16-21-17-10/h2-6H,1H3. The molecular weight excluding hydrogens is 272 g/mol. The Morgan fingerprint density at radius 2 is 1.62 bits per heavy atom. The van der Waals surface area contributed by atoms with E-state index in [2.05, 4.69) is 19.9 Å². The topological polar surface area (TPSA) is 90.9 Å². The highest BCUT2D eigenvalue weighted by Gasteiger charge is 2.39. The van der Waals surface area contributed by atoms with Crippen molar-refractivity contribution in [2.75, 3.05) is 0 Å². The number of fused-ring (bicyclic) bond motifs is 2. The molecular formula is C14H8N4O3. The summed E-state index contributed by atoms with van der Waals surface area (Å²) in [6.45, 7) is 1.74. The molecule has 0 saturated carbocycles. The Labute approximate surface area is 118 Å². The van der Waals surface area contributed by atoms with E-state index in [0.29, 0.717) is 5.82 Å². The minimum Gasteiger partial charge on any atom is -0.293 e. The molecule has 1 aliphatic carbocycles. The van der Waals surface area contributed by atoms with Crippen LogP contribution in [0.3, 0.4) is 0 Å². The second kappa shape index (κ2) is 3.95. The number of hydrogen-bond acceptors (Lipinski definition) is 6. The van der Waals surface area contributed by atoms with Gasteiger partial charge in [-0.25, -0.2) is 9.61 Å². The normalized spacial score (nSPS) is 13.2. The number of rotatable bonds is 1. The molecule has 1 aromatic carbocycles. The van der Waals surface area contributed by atoms with E-state index in [9.17, 15) is 9.59 Å². The van der Waals surface area contributed by atoms with Crippen LogP contribution in [0.15, 0.2) is 35.0 Å². The first kappa shape index (κ1) is 11.7. The van der Waals surface area contributed by atoms with Crippen LogP contribution in [-0.2, 0) is 0 Å². The Kier molecular flexibility index (Phi) is 2.20. The zero-order valence-corrected chi connectivity index (χ0v) is 10.9. The minimum atomic E-state index is -0.446. The van der Waals surface area contributed by atoms with Crippen LogP contribution in [0, 0.1) is 6.92 Å². The Morgan fingerprint density at radius 1 is 0.952 bits per heavy atom. The van der Waals surface area contributed by atoms with Gasteiger partial charge in [0.1, 0.15) is 17.2 Å². The quantitative estimate of drug-likeness (QED) is 0.522. The summed E-state index contributed by atoms with van der Waals surface area (Å²) < 4.78 is 6.15. The molecule has 0 N–H and O–H groups in total. The highest BCUT2D eigenvalue weighted by molar-refractivity contribution is 6.25. The van der Waals surface area contributed by atoms with Gasteiger partial charge < -0.3 is 0 Å². The molecule has 21 heavy (non-hydrogen) atoms. The third kappa shape index (κ3) is 1.45. The van der Waals surface area contributed by atoms with Gasteiger partial charge in [0.15, 0.2) is 11.4 Å². The number of aryl methyl sites for hydroxylation is 1. The maximum Gasteiger partial charge on any atom is 0.238 e. The van der Waals surface area contributed by atoms with Gasteiger partial charge in [0, 0.05) is 5.69 Å². The average molecular weight is 280 g/mol. The van der Waals surface area contributed by atoms with Crippen molar-refractivity contribution in [1.29, 1.82) is 0 Å². The molecule has 3 aromatic rings. The van der Waals surface area contributed by atoms with E-state index in [-0.39, 0.29) is 22.8 Å². The largest absolute Gasteiger partial charge is 0.293 e. The van der Waals surface area contributed by atoms with E-state index in [0.717, 1.165) is 5.69 Å². The molecule has 7 heteroatoms. The monoisotopic (exact) mass is 280 g/mol. The zero-order chi connectivity index (χ0) is 14.6. The first-order valence-corrected chi connectivity index (χ1v) is 6.25. The predicted octanol–water partition coefficient (Wildman–Crippen LogP) is 1.34. The summed E-state index contributed by atoms with van der Waals surface area (Å²) in [4.78, 5) is 29.1. The molecule has 0 fully saturated rings. The molecule has 0 saturated heterocycles. The lowest BCUT2D eigenvalue weighted by atomic mass is 9.99. The van der Waals surface area contributed by atoms with Crippen molar-refractivity contribution in [3.05, 3.63) is 58.9 Å². The summed E-state index contributed by atoms with van der Waals surface area (Å²) in [5.74, 6) is -0.307. The van der Waals surface area contributed by atoms with Gasteiger partial charge in [0.2, 0.25) is 11.6 Å². The van der Waals surface area contributed by atoms with Gasteiger partial charge in [-0.1, -0.05) is 18.2 Å². The molecule has 0 aliphatic heterocycles. The maximum absolute atomic E-state index is 12.5. The fourth-order valence-corrected chi connectivity index (χ4v) is 2.50. The molecule has 4 rings (SSSR count). The van der Waals surface area contributed by atoms with Crippen molar-refractivity contribution in [1.82, 2.24) is 19.9 Å². The van der Waals surface area contributed by atoms with Crippen molar-refractivity contribution < 1.29 is 14.2 Å². The number of hydrogen-bond donors (Lipinski definition) is 0. The van der Waals surface area contributed by atoms with Gasteiger partial charge in [-0.15, -0.1) is 0 Å². The van der Waals surface area contributed by atoms with Gasteiger partial charge in [0.05, 0.1) is 0 Å². The number of carbonyl (C=O) groups is 2. The third-order valence-corrected chi connectivity index (χ3v) is 3.41. The lowest BCUT2D eigenvalue weighted by Crippen LogP contribution is -2.23. The van der Waals surface area contributed by atoms with Crippen LogP contribution in [0.1, 0.15) is 38.2 Å². The van der Waals surface area contributed by atoms with Gasteiger partial charge in [0.25, 0.3) is 0 Å². The van der Waals surface area contributed by atoms with Crippen molar-refractivity contribution in [2.24, 2.45) is 0 Å². The number of ketones is 2. The predicted molar refractivity (Wildman–Crippen MR) is 69.5 cm³/mol. The SMILES string of the molecule is Cc1nc2c(n1-c1ccccc1)C(=O)c1nonc1C2=O. The molecule has 0 amide bonds. The summed E-state index contributed by atoms with van der Waals surface area (Å²) in [5, 5.41) is 7.03. The highest BCUT2D eigenvalue weighted by atomic mass is 16.6. The van der Waals surface area contributed by atoms with Crippen LogP contribution in [0.4, 0.5) is 0 Å². The summed E-state index contributed by atoms with van der Waals surface area (Å²) in [5.41, 5.74) is 0.899. The number of carbonyl (C=O) groups excluding carboxylic acids is 2. The molecule has 102 valence electrons. The van der Waals surface area contributed by atoms with Gasteiger partial charge in [-0.05, 0) is 29.4 Å². The van der Waals surface area contributed by atoms with Crippen LogP contribution >= 0.6 is 0 Å². The van der Waals surface area contributed by atoms with E-state index >= 15 is 0 Å². The fourth-order valence-electron chi connectivity index (χ4n) is 2.50. The van der Waals surface area contributed by atoms with E-state index < -0.39 is 11.6 Å². The Hall–Kier alpha value is -3.09. The Balaban J connectivity index is 2.03. The van der Waals surface area contributed by atoms with Gasteiger partial charge >= 0.3 is 0 Å². The Bertz CT molecular complexity index is 892. The molecule has 0 spiro atoms. The Morgan fingerprint density at radius 3 is 2.33 bits per heavy atom. The van der Waals surface area contributed by atoms with E-state index in [1.165, 1.54) is 0 Å². The first-order valence-electron chi connectivity index (χ1n) is 6.25. The number of nitrogens with zero attached hydrogens (tertiary/aromatic N) is 4. The van der Waals surface area contributed by atoms with Crippen LogP contribution in [-0.4, -0.2) is 31.4 Å². The van der Waals surface area contributed by atoms with Crippen molar-refractivity contribution >= 4 is 11.6 Å². The average Bonchev–Trinajstić information content (AvgIpc) is 3.10. The molecule has 2 aromatic heterocycles. The van der Waals surface area contributed by atoms with Gasteiger partial charge in [-0.3, -0.25) is 14.2 Å². The number of imidazole rings is 1. The number of aromatic nitrogens is 4. The molecule has 1 aliphatic rings. The molecule has 0 unspecified atom stereocenters. The van der Waals surface area contributed by atoms with Crippen LogP contribution < -0.4 is 0 Å². The number of para-hydroxylation sites is 1. The third-order valence-electron chi connectivity index (χ3n) is 3.41. The van der Waals surface area contributed by atoms with Crippen LogP contribution in [0.2, 0.25) is 0 Å². The van der Waals surface area contributed by atoms with Gasteiger partial charge in [-0.2, -0.15) is 0 Å². The highest BCUT2D eigenvalue weighted by Crippen LogP contribution is 2.27. The second-order valence-electron chi connectivity index (χ2n) is 4.65. The second-order valence-corrected chi connectivity index (χ2v) is 4.65. The van der Waals surface area contributed by atoms with E-state index in [4.69, 9.17) is 0 Å². The van der Waals surface area contributed by atoms with Crippen molar-refractivity contribution in [2.45, 2.75) is 6.92 Å². The van der Waals surface area contributed by atoms with Crippen LogP contribution in [0.5, 0.6) is 0 Å². The van der Waals surface area contributed by atoms with Crippen molar-refractivity contribution in [3.8, 4) is 5.69 Å². The first-order chi connectivity index (χ1) is 10.2. The van der Waals surface area contributed by atoms with Crippen LogP contribution in [0.25, 0.3) is 5.69 Å². The molecule has 2 heterocycles. The summed E-state index contributed by atoms with van der Waals surface area (Å²) in [6.07, 6.45) is 0. The molecule has 0 atom stereocenters. The fraction of sp³-hybridized carbons (Fsp3) is 0.0714.